The van der Waals surface area contributed by atoms with E-state index in [4.69, 9.17) is 9.47 Å². The summed E-state index contributed by atoms with van der Waals surface area (Å²) in [6.45, 7) is 1.81. The maximum Gasteiger partial charge on any atom is 0.413 e. The van der Waals surface area contributed by atoms with Crippen molar-refractivity contribution in [2.24, 2.45) is 7.05 Å². The van der Waals surface area contributed by atoms with Crippen LogP contribution in [0.3, 0.4) is 0 Å². The Hall–Kier alpha value is -4.66. The molecule has 1 fully saturated rings. The van der Waals surface area contributed by atoms with Gasteiger partial charge in [-0.25, -0.2) is 4.79 Å². The summed E-state index contributed by atoms with van der Waals surface area (Å²) in [5.74, 6) is 0.226. The Morgan fingerprint density at radius 3 is 2.45 bits per heavy atom. The Labute approximate surface area is 220 Å². The first kappa shape index (κ1) is 25.0. The number of hydrogen-bond acceptors (Lipinski definition) is 6. The molecule has 9 nitrogen and oxygen atoms in total. The number of carboxylic acid groups (broad SMARTS) is 1. The van der Waals surface area contributed by atoms with E-state index in [0.717, 1.165) is 22.3 Å². The van der Waals surface area contributed by atoms with E-state index in [1.165, 1.54) is 0 Å². The number of aryl methyl sites for hydroxylation is 1. The molecular formula is C29H28N4O5. The van der Waals surface area contributed by atoms with Gasteiger partial charge in [0.2, 0.25) is 0 Å². The number of carboxylic acids is 1. The number of rotatable bonds is 8. The van der Waals surface area contributed by atoms with Crippen LogP contribution in [0.1, 0.15) is 37.0 Å². The van der Waals surface area contributed by atoms with Crippen LogP contribution in [-0.4, -0.2) is 39.0 Å². The van der Waals surface area contributed by atoms with Crippen molar-refractivity contribution in [2.45, 2.75) is 31.3 Å². The molecule has 1 unspecified atom stereocenters. The summed E-state index contributed by atoms with van der Waals surface area (Å²) in [5, 5.41) is 16.7. The molecule has 194 valence electrons. The van der Waals surface area contributed by atoms with Crippen LogP contribution >= 0.6 is 0 Å². The number of hydrogen-bond donors (Lipinski definition) is 2. The number of pyridine rings is 1. The molecule has 0 bridgehead atoms. The van der Waals surface area contributed by atoms with Crippen molar-refractivity contribution in [1.29, 1.82) is 0 Å². The molecule has 2 aromatic carbocycles. The van der Waals surface area contributed by atoms with E-state index in [1.54, 1.807) is 31.2 Å². The summed E-state index contributed by atoms with van der Waals surface area (Å²) in [6, 6.07) is 18.8. The summed E-state index contributed by atoms with van der Waals surface area (Å²) in [6.07, 6.45) is 3.54. The molecule has 0 spiro atoms. The third-order valence-corrected chi connectivity index (χ3v) is 6.97. The number of carbonyl (C=O) groups is 2. The third-order valence-electron chi connectivity index (χ3n) is 6.97. The SMILES string of the molecule is COc1cc(-c2ccc(C3(C(=O)O)CC3)cn2)ccc1-c1cnn(C)c1NC(=O)OC(C)c1ccccc1. The Morgan fingerprint density at radius 1 is 1.05 bits per heavy atom. The number of nitrogens with one attached hydrogen (secondary N) is 1. The van der Waals surface area contributed by atoms with Crippen LogP contribution in [0, 0.1) is 0 Å². The first-order valence-corrected chi connectivity index (χ1v) is 12.3. The molecular weight excluding hydrogens is 484 g/mol. The monoisotopic (exact) mass is 512 g/mol. The Bertz CT molecular complexity index is 1480. The molecule has 38 heavy (non-hydrogen) atoms. The Morgan fingerprint density at radius 2 is 1.82 bits per heavy atom. The highest BCUT2D eigenvalue weighted by atomic mass is 16.6. The molecule has 1 saturated carbocycles. The minimum Gasteiger partial charge on any atom is -0.496 e. The van der Waals surface area contributed by atoms with Crippen LogP contribution in [0.15, 0.2) is 73.1 Å². The lowest BCUT2D eigenvalue weighted by Gasteiger charge is -2.16. The van der Waals surface area contributed by atoms with Gasteiger partial charge >= 0.3 is 12.1 Å². The zero-order valence-corrected chi connectivity index (χ0v) is 21.3. The number of anilines is 1. The largest absolute Gasteiger partial charge is 0.496 e. The molecule has 5 rings (SSSR count). The summed E-state index contributed by atoms with van der Waals surface area (Å²) >= 11 is 0. The predicted molar refractivity (Wildman–Crippen MR) is 142 cm³/mol. The highest BCUT2D eigenvalue weighted by Gasteiger charge is 2.51. The van der Waals surface area contributed by atoms with Gasteiger partial charge < -0.3 is 14.6 Å². The molecule has 1 amide bonds. The minimum absolute atomic E-state index is 0.425. The molecule has 1 atom stereocenters. The first-order chi connectivity index (χ1) is 18.3. The van der Waals surface area contributed by atoms with Crippen molar-refractivity contribution < 1.29 is 24.2 Å². The van der Waals surface area contributed by atoms with Gasteiger partial charge in [0, 0.05) is 29.9 Å². The second-order valence-electron chi connectivity index (χ2n) is 9.35. The molecule has 4 aromatic rings. The summed E-state index contributed by atoms with van der Waals surface area (Å²) in [5.41, 5.74) is 3.72. The number of carbonyl (C=O) groups excluding carboxylic acids is 1. The lowest BCUT2D eigenvalue weighted by atomic mass is 9.97. The van der Waals surface area contributed by atoms with E-state index >= 15 is 0 Å². The molecule has 2 heterocycles. The molecule has 1 aliphatic rings. The van der Waals surface area contributed by atoms with E-state index < -0.39 is 23.6 Å². The van der Waals surface area contributed by atoms with Crippen molar-refractivity contribution in [1.82, 2.24) is 14.8 Å². The number of nitrogens with zero attached hydrogens (tertiary/aromatic N) is 3. The fourth-order valence-corrected chi connectivity index (χ4v) is 4.53. The fraction of sp³-hybridized carbons (Fsp3) is 0.241. The number of amides is 1. The highest BCUT2D eigenvalue weighted by Crippen LogP contribution is 2.48. The van der Waals surface area contributed by atoms with E-state index in [0.29, 0.717) is 35.7 Å². The van der Waals surface area contributed by atoms with Crippen LogP contribution in [0.4, 0.5) is 10.6 Å². The average Bonchev–Trinajstić information content (AvgIpc) is 3.68. The quantitative estimate of drug-likeness (QED) is 0.316. The molecule has 2 aromatic heterocycles. The van der Waals surface area contributed by atoms with Crippen molar-refractivity contribution >= 4 is 17.9 Å². The molecule has 2 N–H and O–H groups in total. The number of benzene rings is 2. The minimum atomic E-state index is -0.808. The first-order valence-electron chi connectivity index (χ1n) is 12.3. The van der Waals surface area contributed by atoms with Crippen LogP contribution in [0.5, 0.6) is 5.75 Å². The highest BCUT2D eigenvalue weighted by molar-refractivity contribution is 5.91. The second-order valence-corrected chi connectivity index (χ2v) is 9.35. The zero-order valence-electron chi connectivity index (χ0n) is 21.3. The van der Waals surface area contributed by atoms with Crippen molar-refractivity contribution in [3.05, 3.63) is 84.2 Å². The standard InChI is InChI=1S/C29H28N4O5/c1-18(19-7-5-4-6-8-19)38-28(36)32-26-23(17-31-33(26)2)22-11-9-20(15-25(22)37-3)24-12-10-21(16-30-24)29(13-14-29)27(34)35/h4-12,15-18H,13-14H2,1-3H3,(H,32,36)(H,34,35). The maximum atomic E-state index is 12.7. The van der Waals surface area contributed by atoms with E-state index in [1.807, 2.05) is 67.6 Å². The van der Waals surface area contributed by atoms with Crippen molar-refractivity contribution in [3.63, 3.8) is 0 Å². The molecule has 1 aliphatic carbocycles. The fourth-order valence-electron chi connectivity index (χ4n) is 4.53. The van der Waals surface area contributed by atoms with Crippen molar-refractivity contribution in [2.75, 3.05) is 12.4 Å². The van der Waals surface area contributed by atoms with Gasteiger partial charge in [0.15, 0.2) is 0 Å². The molecule has 0 saturated heterocycles. The topological polar surface area (TPSA) is 116 Å². The second kappa shape index (κ2) is 10.0. The average molecular weight is 513 g/mol. The lowest BCUT2D eigenvalue weighted by Crippen LogP contribution is -2.19. The smallest absolute Gasteiger partial charge is 0.413 e. The van der Waals surface area contributed by atoms with Gasteiger partial charge in [0.05, 0.1) is 24.4 Å². The summed E-state index contributed by atoms with van der Waals surface area (Å²) in [7, 11) is 3.30. The van der Waals surface area contributed by atoms with Gasteiger partial charge in [-0.2, -0.15) is 5.10 Å². The summed E-state index contributed by atoms with van der Waals surface area (Å²) < 4.78 is 12.8. The van der Waals surface area contributed by atoms with E-state index in [-0.39, 0.29) is 0 Å². The number of ether oxygens (including phenoxy) is 2. The van der Waals surface area contributed by atoms with Gasteiger partial charge in [-0.3, -0.25) is 19.8 Å². The van der Waals surface area contributed by atoms with Gasteiger partial charge in [-0.15, -0.1) is 0 Å². The van der Waals surface area contributed by atoms with Crippen LogP contribution in [-0.2, 0) is 22.0 Å². The molecule has 0 radical (unpaired) electrons. The maximum absolute atomic E-state index is 12.7. The predicted octanol–water partition coefficient (Wildman–Crippen LogP) is 5.58. The number of aliphatic carboxylic acids is 1. The van der Waals surface area contributed by atoms with Gasteiger partial charge in [-0.1, -0.05) is 42.5 Å². The lowest BCUT2D eigenvalue weighted by molar-refractivity contribution is -0.140. The van der Waals surface area contributed by atoms with E-state index in [9.17, 15) is 14.7 Å². The Kier molecular flexibility index (Phi) is 6.59. The van der Waals surface area contributed by atoms with Crippen LogP contribution in [0.25, 0.3) is 22.4 Å². The van der Waals surface area contributed by atoms with Crippen molar-refractivity contribution in [3.8, 4) is 28.1 Å². The number of aromatic nitrogens is 3. The molecule has 0 aliphatic heterocycles. The van der Waals surface area contributed by atoms with Gasteiger partial charge in [0.1, 0.15) is 17.7 Å². The van der Waals surface area contributed by atoms with Crippen LogP contribution < -0.4 is 10.1 Å². The third kappa shape index (κ3) is 4.70. The van der Waals surface area contributed by atoms with Gasteiger partial charge in [0.25, 0.3) is 0 Å². The molecule has 9 heteroatoms. The van der Waals surface area contributed by atoms with E-state index in [2.05, 4.69) is 15.4 Å². The van der Waals surface area contributed by atoms with Gasteiger partial charge in [-0.05, 0) is 49.1 Å². The number of methoxy groups -OCH3 is 1. The zero-order chi connectivity index (χ0) is 26.9. The summed E-state index contributed by atoms with van der Waals surface area (Å²) in [4.78, 5) is 28.9. The Balaban J connectivity index is 1.37. The normalized spacial score (nSPS) is 14.4. The van der Waals surface area contributed by atoms with Crippen LogP contribution in [0.2, 0.25) is 0 Å².